The summed E-state index contributed by atoms with van der Waals surface area (Å²) in [6, 6.07) is 6.80. The molecule has 3 heterocycles. The van der Waals surface area contributed by atoms with Crippen LogP contribution in [-0.4, -0.2) is 32.2 Å². The monoisotopic (exact) mass is 293 g/mol. The number of imidazole rings is 1. The molecule has 0 amide bonds. The molecule has 1 saturated heterocycles. The van der Waals surface area contributed by atoms with E-state index in [1.165, 1.54) is 25.1 Å². The van der Waals surface area contributed by atoms with Crippen molar-refractivity contribution in [2.45, 2.75) is 25.4 Å². The lowest BCUT2D eigenvalue weighted by Crippen LogP contribution is -2.30. The molecule has 4 heteroatoms. The van der Waals surface area contributed by atoms with Gasteiger partial charge in [-0.15, -0.1) is 0 Å². The summed E-state index contributed by atoms with van der Waals surface area (Å²) in [5.41, 5.74) is 2.21. The zero-order valence-corrected chi connectivity index (χ0v) is 11.3. The number of aromatic nitrogens is 2. The number of alkyl halides is 1. The van der Waals surface area contributed by atoms with E-state index in [9.17, 15) is 0 Å². The van der Waals surface area contributed by atoms with Crippen LogP contribution in [0.25, 0.3) is 5.65 Å². The molecule has 1 aliphatic rings. The number of rotatable bonds is 3. The van der Waals surface area contributed by atoms with Crippen LogP contribution < -0.4 is 0 Å². The fourth-order valence-corrected chi connectivity index (χ4v) is 3.28. The molecule has 2 aromatic rings. The van der Waals surface area contributed by atoms with Crippen LogP contribution in [0.3, 0.4) is 0 Å². The summed E-state index contributed by atoms with van der Waals surface area (Å²) >= 11 is 3.60. The predicted octanol–water partition coefficient (Wildman–Crippen LogP) is 2.69. The van der Waals surface area contributed by atoms with Gasteiger partial charge in [-0.3, -0.25) is 4.90 Å². The highest BCUT2D eigenvalue weighted by molar-refractivity contribution is 9.09. The molecule has 3 rings (SSSR count). The molecule has 0 bridgehead atoms. The van der Waals surface area contributed by atoms with Crippen LogP contribution in [0.4, 0.5) is 0 Å². The second-order valence-electron chi connectivity index (χ2n) is 4.62. The first kappa shape index (κ1) is 11.2. The van der Waals surface area contributed by atoms with Crippen LogP contribution in [0.15, 0.2) is 30.6 Å². The molecule has 0 aliphatic carbocycles. The second-order valence-corrected chi connectivity index (χ2v) is 5.27. The molecule has 90 valence electrons. The molecule has 17 heavy (non-hydrogen) atoms. The first-order valence-corrected chi connectivity index (χ1v) is 7.21. The van der Waals surface area contributed by atoms with Gasteiger partial charge in [-0.05, 0) is 31.5 Å². The fourth-order valence-electron chi connectivity index (χ4n) is 2.55. The van der Waals surface area contributed by atoms with E-state index in [0.29, 0.717) is 6.04 Å². The Labute approximate surface area is 110 Å². The molecule has 1 fully saturated rings. The fraction of sp³-hybridized carbons (Fsp3) is 0.462. The van der Waals surface area contributed by atoms with E-state index in [0.717, 1.165) is 17.5 Å². The molecule has 3 nitrogen and oxygen atoms in total. The highest BCUT2D eigenvalue weighted by Gasteiger charge is 2.23. The van der Waals surface area contributed by atoms with Crippen molar-refractivity contribution in [2.75, 3.05) is 11.9 Å². The molecular formula is C13H16BrN3. The molecule has 1 atom stereocenters. The van der Waals surface area contributed by atoms with Crippen molar-refractivity contribution in [2.24, 2.45) is 0 Å². The van der Waals surface area contributed by atoms with E-state index in [4.69, 9.17) is 0 Å². The van der Waals surface area contributed by atoms with Crippen LogP contribution in [-0.2, 0) is 6.54 Å². The lowest BCUT2D eigenvalue weighted by atomic mass is 10.2. The zero-order chi connectivity index (χ0) is 11.7. The molecule has 0 saturated carbocycles. The molecule has 1 aliphatic heterocycles. The lowest BCUT2D eigenvalue weighted by molar-refractivity contribution is 0.262. The summed E-state index contributed by atoms with van der Waals surface area (Å²) < 4.78 is 2.09. The van der Waals surface area contributed by atoms with E-state index in [2.05, 4.69) is 48.7 Å². The van der Waals surface area contributed by atoms with Crippen molar-refractivity contribution >= 4 is 21.6 Å². The number of halogens is 1. The second kappa shape index (κ2) is 4.78. The molecule has 1 unspecified atom stereocenters. The van der Waals surface area contributed by atoms with Crippen LogP contribution >= 0.6 is 15.9 Å². The minimum atomic E-state index is 0.680. The highest BCUT2D eigenvalue weighted by Crippen LogP contribution is 2.21. The van der Waals surface area contributed by atoms with Crippen molar-refractivity contribution in [1.29, 1.82) is 0 Å². The Balaban J connectivity index is 1.80. The zero-order valence-electron chi connectivity index (χ0n) is 9.72. The molecule has 0 aromatic carbocycles. The van der Waals surface area contributed by atoms with Gasteiger partial charge in [-0.2, -0.15) is 0 Å². The number of likely N-dealkylation sites (tertiary alicyclic amines) is 1. The summed E-state index contributed by atoms with van der Waals surface area (Å²) in [4.78, 5) is 7.18. The summed E-state index contributed by atoms with van der Waals surface area (Å²) in [6.45, 7) is 2.17. The molecule has 0 N–H and O–H groups in total. The minimum absolute atomic E-state index is 0.680. The number of pyridine rings is 1. The van der Waals surface area contributed by atoms with Gasteiger partial charge in [0.1, 0.15) is 5.65 Å². The average molecular weight is 294 g/mol. The Morgan fingerprint density at radius 3 is 3.18 bits per heavy atom. The summed E-state index contributed by atoms with van der Waals surface area (Å²) in [5.74, 6) is 0. The summed E-state index contributed by atoms with van der Waals surface area (Å²) in [6.07, 6.45) is 6.80. The van der Waals surface area contributed by atoms with E-state index in [-0.39, 0.29) is 0 Å². The van der Waals surface area contributed by atoms with Gasteiger partial charge in [-0.1, -0.05) is 22.0 Å². The molecule has 0 radical (unpaired) electrons. The van der Waals surface area contributed by atoms with E-state index >= 15 is 0 Å². The Hall–Kier alpha value is -0.870. The van der Waals surface area contributed by atoms with Gasteiger partial charge in [0.05, 0.1) is 5.69 Å². The highest BCUT2D eigenvalue weighted by atomic mass is 79.9. The van der Waals surface area contributed by atoms with Crippen molar-refractivity contribution in [3.63, 3.8) is 0 Å². The summed E-state index contributed by atoms with van der Waals surface area (Å²) in [7, 11) is 0. The third-order valence-electron chi connectivity index (χ3n) is 3.46. The number of hydrogen-bond donors (Lipinski definition) is 0. The largest absolute Gasteiger partial charge is 0.307 e. The Bertz CT molecular complexity index is 475. The van der Waals surface area contributed by atoms with Gasteiger partial charge in [0.15, 0.2) is 0 Å². The van der Waals surface area contributed by atoms with Gasteiger partial charge in [-0.25, -0.2) is 4.98 Å². The first-order valence-electron chi connectivity index (χ1n) is 6.09. The molecular weight excluding hydrogens is 278 g/mol. The van der Waals surface area contributed by atoms with Gasteiger partial charge in [0.2, 0.25) is 0 Å². The number of hydrogen-bond acceptors (Lipinski definition) is 2. The van der Waals surface area contributed by atoms with Gasteiger partial charge >= 0.3 is 0 Å². The quantitative estimate of drug-likeness (QED) is 0.811. The van der Waals surface area contributed by atoms with Crippen molar-refractivity contribution < 1.29 is 0 Å². The number of fused-ring (bicyclic) bond motifs is 1. The Morgan fingerprint density at radius 2 is 2.35 bits per heavy atom. The van der Waals surface area contributed by atoms with Gasteiger partial charge in [0, 0.05) is 30.3 Å². The summed E-state index contributed by atoms with van der Waals surface area (Å²) in [5, 5.41) is 1.07. The lowest BCUT2D eigenvalue weighted by Gasteiger charge is -2.21. The van der Waals surface area contributed by atoms with Crippen LogP contribution in [0.5, 0.6) is 0 Å². The maximum atomic E-state index is 4.65. The predicted molar refractivity (Wildman–Crippen MR) is 72.4 cm³/mol. The van der Waals surface area contributed by atoms with E-state index < -0.39 is 0 Å². The van der Waals surface area contributed by atoms with Crippen molar-refractivity contribution in [3.05, 3.63) is 36.3 Å². The third kappa shape index (κ3) is 2.24. The average Bonchev–Trinajstić information content (AvgIpc) is 2.94. The van der Waals surface area contributed by atoms with Crippen LogP contribution in [0, 0.1) is 0 Å². The van der Waals surface area contributed by atoms with Crippen molar-refractivity contribution in [1.82, 2.24) is 14.3 Å². The topological polar surface area (TPSA) is 20.5 Å². The standard InChI is InChI=1S/C13H16BrN3/c14-8-12-4-3-7-16(12)9-11-10-17-6-2-1-5-13(17)15-11/h1-2,5-6,10,12H,3-4,7-9H2. The normalized spacial score (nSPS) is 21.4. The Morgan fingerprint density at radius 1 is 1.41 bits per heavy atom. The number of nitrogens with zero attached hydrogens (tertiary/aromatic N) is 3. The van der Waals surface area contributed by atoms with Gasteiger partial charge in [0.25, 0.3) is 0 Å². The van der Waals surface area contributed by atoms with E-state index in [1.54, 1.807) is 0 Å². The molecule has 0 spiro atoms. The van der Waals surface area contributed by atoms with Crippen LogP contribution in [0.1, 0.15) is 18.5 Å². The third-order valence-corrected chi connectivity index (χ3v) is 4.20. The minimum Gasteiger partial charge on any atom is -0.307 e. The van der Waals surface area contributed by atoms with Gasteiger partial charge < -0.3 is 4.40 Å². The van der Waals surface area contributed by atoms with Crippen molar-refractivity contribution in [3.8, 4) is 0 Å². The Kier molecular flexibility index (Phi) is 3.16. The van der Waals surface area contributed by atoms with Crippen LogP contribution in [0.2, 0.25) is 0 Å². The smallest absolute Gasteiger partial charge is 0.137 e. The molecule has 2 aromatic heterocycles. The van der Waals surface area contributed by atoms with E-state index in [1.807, 2.05) is 12.1 Å². The first-order chi connectivity index (χ1) is 8.36. The SMILES string of the molecule is BrCC1CCCN1Cc1cn2ccccc2n1. The maximum absolute atomic E-state index is 4.65. The maximum Gasteiger partial charge on any atom is 0.137 e.